The van der Waals surface area contributed by atoms with Gasteiger partial charge in [-0.3, -0.25) is 0 Å². The van der Waals surface area contributed by atoms with E-state index in [4.69, 9.17) is 23.6 Å². The molecule has 0 rings (SSSR count). The van der Waals surface area contributed by atoms with Gasteiger partial charge < -0.3 is 0 Å². The maximum Gasteiger partial charge on any atom is 0.161 e. The maximum absolute atomic E-state index is 5.62. The van der Waals surface area contributed by atoms with Crippen LogP contribution in [0.5, 0.6) is 0 Å². The molecule has 0 aliphatic carbocycles. The molecule has 2 nitrogen and oxygen atoms in total. The molecular formula is C10H19Cl2N2+. The molecule has 4 heteroatoms. The third-order valence-corrected chi connectivity index (χ3v) is 2.49. The van der Waals surface area contributed by atoms with E-state index in [1.165, 1.54) is 3.94 Å². The van der Waals surface area contributed by atoms with Gasteiger partial charge in [0.1, 0.15) is 6.54 Å². The summed E-state index contributed by atoms with van der Waals surface area (Å²) in [4.78, 5) is 3.06. The van der Waals surface area contributed by atoms with Gasteiger partial charge in [-0.1, -0.05) is 6.58 Å². The van der Waals surface area contributed by atoms with Crippen LogP contribution in [0.1, 0.15) is 20.3 Å². The minimum atomic E-state index is -0.203. The van der Waals surface area contributed by atoms with Gasteiger partial charge in [0.2, 0.25) is 0 Å². The van der Waals surface area contributed by atoms with Crippen molar-refractivity contribution in [3.8, 4) is 0 Å². The normalized spacial score (nSPS) is 11.2. The van der Waals surface area contributed by atoms with E-state index in [1.807, 2.05) is 13.8 Å². The molecule has 0 aliphatic rings. The molecule has 14 heavy (non-hydrogen) atoms. The molecule has 0 unspecified atom stereocenters. The second-order valence-electron chi connectivity index (χ2n) is 3.15. The fourth-order valence-electron chi connectivity index (χ4n) is 0.629. The summed E-state index contributed by atoms with van der Waals surface area (Å²) in [6.07, 6.45) is 4.36. The highest BCUT2D eigenvalue weighted by atomic mass is 35.5. The first-order valence-electron chi connectivity index (χ1n) is 4.30. The fourth-order valence-corrected chi connectivity index (χ4v) is 0.798. The molecule has 1 N–H and O–H groups in total. The topological polar surface area (TPSA) is 17.2 Å². The van der Waals surface area contributed by atoms with Gasteiger partial charge in [0.15, 0.2) is 6.21 Å². The lowest BCUT2D eigenvalue weighted by molar-refractivity contribution is -0.453. The summed E-state index contributed by atoms with van der Waals surface area (Å²) in [5, 5.41) is 0. The molecule has 0 amide bonds. The Labute approximate surface area is 97.1 Å². The summed E-state index contributed by atoms with van der Waals surface area (Å²) in [5.74, 6) is 0. The van der Waals surface area contributed by atoms with Gasteiger partial charge in [0.25, 0.3) is 0 Å². The predicted molar refractivity (Wildman–Crippen MR) is 65.6 cm³/mol. The highest BCUT2D eigenvalue weighted by Crippen LogP contribution is 2.21. The number of hydrogen-bond acceptors (Lipinski definition) is 1. The van der Waals surface area contributed by atoms with E-state index in [9.17, 15) is 0 Å². The van der Waals surface area contributed by atoms with Gasteiger partial charge in [-0.05, 0) is 43.5 Å². The number of hydrogen-bond donors (Lipinski definition) is 1. The van der Waals surface area contributed by atoms with Crippen molar-refractivity contribution in [3.63, 3.8) is 0 Å². The van der Waals surface area contributed by atoms with Crippen molar-refractivity contribution in [3.05, 3.63) is 25.8 Å². The van der Waals surface area contributed by atoms with Gasteiger partial charge in [-0.2, -0.15) is 0 Å². The molecular weight excluding hydrogens is 219 g/mol. The predicted octanol–water partition coefficient (Wildman–Crippen LogP) is 1.90. The Kier molecular flexibility index (Phi) is 10.7. The van der Waals surface area contributed by atoms with Crippen molar-refractivity contribution in [2.45, 2.75) is 25.8 Å². The van der Waals surface area contributed by atoms with E-state index in [0.717, 1.165) is 13.0 Å². The van der Waals surface area contributed by atoms with Gasteiger partial charge in [-0.25, -0.2) is 4.99 Å². The van der Waals surface area contributed by atoms with Gasteiger partial charge >= 0.3 is 0 Å². The summed E-state index contributed by atoms with van der Waals surface area (Å²) < 4.78 is 1.18. The smallest absolute Gasteiger partial charge is 0.161 e. The molecule has 82 valence electrons. The standard InChI is InChI=1S/C8H14Cl2N2.C2H4/c1-4-6-11-7-5-8(2,3)12(9)10;1-2/h4,6H,1,5,7H2,2-3H3;1-2H2/p+1. The molecule has 0 aromatic rings. The minimum Gasteiger partial charge on any atom is -0.248 e. The van der Waals surface area contributed by atoms with Crippen LogP contribution in [-0.2, 0) is 0 Å². The molecule has 0 saturated heterocycles. The first kappa shape index (κ1) is 16.1. The minimum absolute atomic E-state index is 0.203. The van der Waals surface area contributed by atoms with Crippen LogP contribution in [0.3, 0.4) is 0 Å². The Hall–Kier alpha value is -0.310. The van der Waals surface area contributed by atoms with Crippen LogP contribution in [-0.4, -0.2) is 22.2 Å². The molecule has 0 fully saturated rings. The monoisotopic (exact) mass is 237 g/mol. The maximum atomic E-state index is 5.62. The third kappa shape index (κ3) is 8.30. The third-order valence-electron chi connectivity index (χ3n) is 1.57. The summed E-state index contributed by atoms with van der Waals surface area (Å²) in [6.45, 7) is 14.3. The Morgan fingerprint density at radius 3 is 2.21 bits per heavy atom. The first-order chi connectivity index (χ1) is 6.50. The lowest BCUT2D eigenvalue weighted by Crippen LogP contribution is -2.69. The zero-order valence-electron chi connectivity index (χ0n) is 8.89. The van der Waals surface area contributed by atoms with E-state index in [0.29, 0.717) is 0 Å². The number of nitrogens with zero attached hydrogens (tertiary/aromatic N) is 1. The largest absolute Gasteiger partial charge is 0.248 e. The Morgan fingerprint density at radius 1 is 1.36 bits per heavy atom. The highest BCUT2D eigenvalue weighted by Gasteiger charge is 2.24. The van der Waals surface area contributed by atoms with Crippen molar-refractivity contribution >= 4 is 29.8 Å². The molecule has 0 radical (unpaired) electrons. The van der Waals surface area contributed by atoms with Crippen molar-refractivity contribution in [2.24, 2.45) is 0 Å². The zero-order valence-corrected chi connectivity index (χ0v) is 10.4. The molecule has 0 heterocycles. The lowest BCUT2D eigenvalue weighted by Gasteiger charge is -2.25. The molecule has 0 aromatic carbocycles. The van der Waals surface area contributed by atoms with Crippen LogP contribution < -0.4 is 4.99 Å². The summed E-state index contributed by atoms with van der Waals surface area (Å²) in [7, 11) is 0. The summed E-state index contributed by atoms with van der Waals surface area (Å²) in [6, 6.07) is 0. The second kappa shape index (κ2) is 9.25. The van der Waals surface area contributed by atoms with Crippen LogP contribution in [0.4, 0.5) is 0 Å². The van der Waals surface area contributed by atoms with Crippen LogP contribution in [0.25, 0.3) is 0 Å². The zero-order chi connectivity index (χ0) is 11.6. The molecule has 0 bridgehead atoms. The van der Waals surface area contributed by atoms with Crippen molar-refractivity contribution < 1.29 is 4.99 Å². The molecule has 0 aliphatic heterocycles. The highest BCUT2D eigenvalue weighted by molar-refractivity contribution is 6.34. The van der Waals surface area contributed by atoms with Crippen LogP contribution >= 0.6 is 23.6 Å². The lowest BCUT2D eigenvalue weighted by atomic mass is 10.0. The Balaban J connectivity index is 0. The fraction of sp³-hybridized carbons (Fsp3) is 0.500. The number of allylic oxidation sites excluding steroid dienone is 1. The van der Waals surface area contributed by atoms with E-state index < -0.39 is 0 Å². The average molecular weight is 238 g/mol. The van der Waals surface area contributed by atoms with Crippen LogP contribution in [0, 0.1) is 0 Å². The summed E-state index contributed by atoms with van der Waals surface area (Å²) >= 11 is 11.2. The molecule has 0 saturated carbocycles. The average Bonchev–Trinajstić information content (AvgIpc) is 2.15. The quantitative estimate of drug-likeness (QED) is 0.440. The van der Waals surface area contributed by atoms with E-state index in [-0.39, 0.29) is 5.54 Å². The number of halogens is 2. The Morgan fingerprint density at radius 2 is 1.86 bits per heavy atom. The first-order valence-corrected chi connectivity index (χ1v) is 4.98. The number of nitrogens with one attached hydrogen (secondary N) is 1. The molecule has 0 atom stereocenters. The SMILES string of the molecule is C=C.C=CC=[NH+]CCC(C)(C)N(Cl)Cl. The van der Waals surface area contributed by atoms with Crippen LogP contribution in [0.2, 0.25) is 0 Å². The van der Waals surface area contributed by atoms with Gasteiger partial charge in [0.05, 0.1) is 5.54 Å². The van der Waals surface area contributed by atoms with Crippen molar-refractivity contribution in [1.82, 2.24) is 3.94 Å². The number of rotatable bonds is 5. The molecule has 0 aromatic heterocycles. The Bertz CT molecular complexity index is 177. The van der Waals surface area contributed by atoms with Gasteiger partial charge in [-0.15, -0.1) is 17.1 Å². The van der Waals surface area contributed by atoms with Crippen molar-refractivity contribution in [2.75, 3.05) is 6.54 Å². The summed E-state index contributed by atoms with van der Waals surface area (Å²) in [5.41, 5.74) is -0.203. The van der Waals surface area contributed by atoms with Gasteiger partial charge in [0, 0.05) is 6.42 Å². The second-order valence-corrected chi connectivity index (χ2v) is 4.00. The van der Waals surface area contributed by atoms with Crippen LogP contribution in [0.15, 0.2) is 25.8 Å². The van der Waals surface area contributed by atoms with E-state index in [2.05, 4.69) is 24.7 Å². The molecule has 0 spiro atoms. The van der Waals surface area contributed by atoms with E-state index in [1.54, 1.807) is 12.3 Å². The van der Waals surface area contributed by atoms with Crippen molar-refractivity contribution in [1.29, 1.82) is 0 Å². The van der Waals surface area contributed by atoms with E-state index >= 15 is 0 Å².